The second-order valence-corrected chi connectivity index (χ2v) is 5.07. The van der Waals surface area contributed by atoms with Crippen LogP contribution in [0, 0.1) is 46.3 Å². The molecule has 1 saturated carbocycles. The van der Waals surface area contributed by atoms with Crippen molar-refractivity contribution in [2.24, 2.45) is 5.92 Å². The van der Waals surface area contributed by atoms with E-state index in [-0.39, 0.29) is 0 Å². The minimum atomic E-state index is -2.19. The zero-order valence-corrected chi connectivity index (χ0v) is 11.0. The molecule has 2 unspecified atom stereocenters. The van der Waals surface area contributed by atoms with Crippen LogP contribution in [0.1, 0.15) is 32.1 Å². The van der Waals surface area contributed by atoms with Gasteiger partial charge in [0, 0.05) is 6.04 Å². The Bertz CT molecular complexity index is 553. The third-order valence-electron chi connectivity index (χ3n) is 3.72. The molecule has 1 fully saturated rings. The van der Waals surface area contributed by atoms with Crippen molar-refractivity contribution in [3.63, 3.8) is 0 Å². The van der Waals surface area contributed by atoms with E-state index in [1.165, 1.54) is 0 Å². The van der Waals surface area contributed by atoms with Gasteiger partial charge in [-0.15, -0.1) is 0 Å². The molecule has 2 nitrogen and oxygen atoms in total. The smallest absolute Gasteiger partial charge is 0.200 e. The molecule has 0 aliphatic heterocycles. The topological polar surface area (TPSA) is 35.8 Å². The van der Waals surface area contributed by atoms with Gasteiger partial charge in [-0.3, -0.25) is 0 Å². The number of halogens is 5. The van der Waals surface area contributed by atoms with Crippen LogP contribution in [0.5, 0.6) is 0 Å². The van der Waals surface area contributed by atoms with Gasteiger partial charge in [-0.25, -0.2) is 22.0 Å². The van der Waals surface area contributed by atoms with E-state index in [1.54, 1.807) is 0 Å². The number of nitrogens with zero attached hydrogens (tertiary/aromatic N) is 1. The van der Waals surface area contributed by atoms with E-state index in [4.69, 9.17) is 5.26 Å². The van der Waals surface area contributed by atoms with E-state index in [0.29, 0.717) is 12.8 Å². The highest BCUT2D eigenvalue weighted by atomic mass is 19.2. The highest BCUT2D eigenvalue weighted by Gasteiger charge is 2.30. The van der Waals surface area contributed by atoms with Crippen molar-refractivity contribution in [3.05, 3.63) is 29.1 Å². The Labute approximate surface area is 118 Å². The molecule has 0 heterocycles. The van der Waals surface area contributed by atoms with Crippen LogP contribution in [0.2, 0.25) is 0 Å². The summed E-state index contributed by atoms with van der Waals surface area (Å²) >= 11 is 0. The van der Waals surface area contributed by atoms with Gasteiger partial charge in [-0.1, -0.05) is 19.3 Å². The summed E-state index contributed by atoms with van der Waals surface area (Å²) in [6.07, 6.45) is 3.37. The third kappa shape index (κ3) is 2.94. The highest BCUT2D eigenvalue weighted by Crippen LogP contribution is 2.31. The van der Waals surface area contributed by atoms with Crippen molar-refractivity contribution in [1.29, 1.82) is 5.26 Å². The van der Waals surface area contributed by atoms with Crippen molar-refractivity contribution in [2.75, 3.05) is 5.32 Å². The maximum atomic E-state index is 13.6. The van der Waals surface area contributed by atoms with E-state index in [0.717, 1.165) is 19.3 Å². The fourth-order valence-electron chi connectivity index (χ4n) is 2.55. The van der Waals surface area contributed by atoms with Crippen LogP contribution in [0.4, 0.5) is 27.6 Å². The molecule has 114 valence electrons. The number of rotatable bonds is 2. The lowest BCUT2D eigenvalue weighted by molar-refractivity contribution is 0.379. The van der Waals surface area contributed by atoms with Crippen LogP contribution in [0.3, 0.4) is 0 Å². The molecule has 1 aromatic rings. The van der Waals surface area contributed by atoms with Gasteiger partial charge in [0.05, 0.1) is 12.0 Å². The number of hydrogen-bond donors (Lipinski definition) is 1. The fraction of sp³-hybridized carbons (Fsp3) is 0.500. The summed E-state index contributed by atoms with van der Waals surface area (Å²) < 4.78 is 66.5. The van der Waals surface area contributed by atoms with Gasteiger partial charge >= 0.3 is 0 Å². The second-order valence-electron chi connectivity index (χ2n) is 5.07. The molecule has 0 saturated heterocycles. The largest absolute Gasteiger partial charge is 0.376 e. The van der Waals surface area contributed by atoms with Gasteiger partial charge in [0.2, 0.25) is 5.82 Å². The van der Waals surface area contributed by atoms with Gasteiger partial charge in [0.1, 0.15) is 5.69 Å². The third-order valence-corrected chi connectivity index (χ3v) is 3.72. The van der Waals surface area contributed by atoms with Gasteiger partial charge in [0.15, 0.2) is 23.3 Å². The molecule has 1 aliphatic carbocycles. The Hall–Kier alpha value is -1.84. The zero-order valence-electron chi connectivity index (χ0n) is 11.0. The number of anilines is 1. The van der Waals surface area contributed by atoms with E-state index < -0.39 is 46.7 Å². The zero-order chi connectivity index (χ0) is 15.6. The summed E-state index contributed by atoms with van der Waals surface area (Å²) in [6.45, 7) is 0. The molecule has 2 rings (SSSR count). The first-order chi connectivity index (χ1) is 9.97. The monoisotopic (exact) mass is 304 g/mol. The molecule has 0 spiro atoms. The Morgan fingerprint density at radius 3 is 1.90 bits per heavy atom. The number of nitriles is 1. The lowest BCUT2D eigenvalue weighted by Crippen LogP contribution is -2.29. The summed E-state index contributed by atoms with van der Waals surface area (Å²) in [4.78, 5) is 0. The van der Waals surface area contributed by atoms with Crippen molar-refractivity contribution in [3.8, 4) is 6.07 Å². The van der Waals surface area contributed by atoms with Crippen molar-refractivity contribution < 1.29 is 22.0 Å². The average Bonchev–Trinajstić information content (AvgIpc) is 2.72. The van der Waals surface area contributed by atoms with E-state index >= 15 is 0 Å². The predicted octanol–water partition coefficient (Wildman–Crippen LogP) is 4.27. The molecule has 1 aromatic carbocycles. The summed E-state index contributed by atoms with van der Waals surface area (Å²) in [5.41, 5.74) is -1.06. The summed E-state index contributed by atoms with van der Waals surface area (Å²) in [7, 11) is 0. The SMILES string of the molecule is N#CC1CCCCCC1Nc1c(F)c(F)c(F)c(F)c1F. The minimum absolute atomic E-state index is 0.442. The van der Waals surface area contributed by atoms with Gasteiger partial charge < -0.3 is 5.32 Å². The van der Waals surface area contributed by atoms with E-state index in [1.807, 2.05) is 6.07 Å². The molecule has 0 aromatic heterocycles. The molecule has 21 heavy (non-hydrogen) atoms. The van der Waals surface area contributed by atoms with Crippen molar-refractivity contribution in [2.45, 2.75) is 38.1 Å². The van der Waals surface area contributed by atoms with E-state index in [2.05, 4.69) is 5.32 Å². The lowest BCUT2D eigenvalue weighted by Gasteiger charge is -2.23. The minimum Gasteiger partial charge on any atom is -0.376 e. The Kier molecular flexibility index (Phi) is 4.66. The molecular formula is C14H13F5N2. The second kappa shape index (κ2) is 6.29. The first-order valence-electron chi connectivity index (χ1n) is 6.65. The lowest BCUT2D eigenvalue weighted by atomic mass is 9.96. The standard InChI is InChI=1S/C14H13F5N2/c15-9-10(16)12(18)14(13(19)11(9)17)21-8-5-3-1-2-4-7(8)6-20/h7-8,21H,1-5H2. The van der Waals surface area contributed by atoms with Gasteiger partial charge in [0.25, 0.3) is 0 Å². The van der Waals surface area contributed by atoms with E-state index in [9.17, 15) is 22.0 Å². The summed E-state index contributed by atoms with van der Waals surface area (Å²) in [5.74, 6) is -10.5. The first-order valence-corrected chi connectivity index (χ1v) is 6.65. The maximum absolute atomic E-state index is 13.6. The summed E-state index contributed by atoms with van der Waals surface area (Å²) in [5, 5.41) is 11.4. The molecule has 1 aliphatic rings. The molecule has 0 radical (unpaired) electrons. The Morgan fingerprint density at radius 2 is 1.33 bits per heavy atom. The quantitative estimate of drug-likeness (QED) is 0.383. The van der Waals surface area contributed by atoms with Crippen LogP contribution in [0.15, 0.2) is 0 Å². The van der Waals surface area contributed by atoms with Crippen LogP contribution in [-0.2, 0) is 0 Å². The maximum Gasteiger partial charge on any atom is 0.200 e. The number of nitrogens with one attached hydrogen (secondary N) is 1. The van der Waals surface area contributed by atoms with Crippen LogP contribution >= 0.6 is 0 Å². The Balaban J connectivity index is 2.36. The molecular weight excluding hydrogens is 291 g/mol. The number of benzene rings is 1. The normalized spacial score (nSPS) is 22.5. The Morgan fingerprint density at radius 1 is 0.810 bits per heavy atom. The van der Waals surface area contributed by atoms with Gasteiger partial charge in [-0.05, 0) is 12.8 Å². The first kappa shape index (κ1) is 15.5. The van der Waals surface area contributed by atoms with Gasteiger partial charge in [-0.2, -0.15) is 5.26 Å². The van der Waals surface area contributed by atoms with Crippen LogP contribution in [-0.4, -0.2) is 6.04 Å². The molecule has 0 bridgehead atoms. The molecule has 0 amide bonds. The van der Waals surface area contributed by atoms with Crippen molar-refractivity contribution in [1.82, 2.24) is 0 Å². The average molecular weight is 304 g/mol. The molecule has 2 atom stereocenters. The molecule has 7 heteroatoms. The number of hydrogen-bond acceptors (Lipinski definition) is 2. The molecule has 1 N–H and O–H groups in total. The fourth-order valence-corrected chi connectivity index (χ4v) is 2.55. The predicted molar refractivity (Wildman–Crippen MR) is 65.8 cm³/mol. The van der Waals surface area contributed by atoms with Crippen molar-refractivity contribution >= 4 is 5.69 Å². The summed E-state index contributed by atoms with van der Waals surface area (Å²) in [6, 6.07) is 1.39. The van der Waals surface area contributed by atoms with Crippen LogP contribution < -0.4 is 5.32 Å². The highest BCUT2D eigenvalue weighted by molar-refractivity contribution is 5.49. The van der Waals surface area contributed by atoms with Crippen LogP contribution in [0.25, 0.3) is 0 Å².